The summed E-state index contributed by atoms with van der Waals surface area (Å²) in [6.07, 6.45) is 2.76. The van der Waals surface area contributed by atoms with E-state index in [1.54, 1.807) is 0 Å². The third-order valence-corrected chi connectivity index (χ3v) is 2.37. The molecule has 0 aliphatic heterocycles. The van der Waals surface area contributed by atoms with E-state index >= 15 is 0 Å². The number of likely N-dealkylation sites (N-methyl/N-ethyl adjacent to an activating group) is 1. The Morgan fingerprint density at radius 2 is 2.25 bits per heavy atom. The van der Waals surface area contributed by atoms with E-state index in [1.807, 2.05) is 38.4 Å². The van der Waals surface area contributed by atoms with Gasteiger partial charge in [0.1, 0.15) is 5.82 Å². The number of aromatic amines is 1. The van der Waals surface area contributed by atoms with Gasteiger partial charge in [-0.15, -0.1) is 0 Å². The first-order valence-electron chi connectivity index (χ1n) is 5.42. The van der Waals surface area contributed by atoms with E-state index in [1.165, 1.54) is 0 Å². The second kappa shape index (κ2) is 4.90. The van der Waals surface area contributed by atoms with Crippen molar-refractivity contribution in [2.24, 2.45) is 0 Å². The van der Waals surface area contributed by atoms with Gasteiger partial charge in [0.05, 0.1) is 11.4 Å². The Morgan fingerprint density at radius 3 is 2.94 bits per heavy atom. The van der Waals surface area contributed by atoms with Gasteiger partial charge in [-0.2, -0.15) is 0 Å². The first kappa shape index (κ1) is 10.8. The summed E-state index contributed by atoms with van der Waals surface area (Å²) in [7, 11) is 1.93. The Morgan fingerprint density at radius 1 is 1.38 bits per heavy atom. The molecule has 16 heavy (non-hydrogen) atoms. The molecule has 0 aliphatic carbocycles. The minimum absolute atomic E-state index is 0.853. The lowest BCUT2D eigenvalue weighted by Gasteiger charge is -2.04. The molecule has 2 heterocycles. The fourth-order valence-electron chi connectivity index (χ4n) is 1.61. The summed E-state index contributed by atoms with van der Waals surface area (Å²) in [5.41, 5.74) is 3.01. The minimum atomic E-state index is 0.853. The van der Waals surface area contributed by atoms with Crippen LogP contribution in [0, 0.1) is 6.92 Å². The van der Waals surface area contributed by atoms with Crippen molar-refractivity contribution in [2.45, 2.75) is 13.3 Å². The lowest BCUT2D eigenvalue weighted by Crippen LogP contribution is -2.12. The number of nitrogens with zero attached hydrogens (tertiary/aromatic N) is 2. The molecule has 0 bridgehead atoms. The van der Waals surface area contributed by atoms with Gasteiger partial charge in [0.15, 0.2) is 0 Å². The Hall–Kier alpha value is -1.68. The number of nitrogens with one attached hydrogen (secondary N) is 2. The van der Waals surface area contributed by atoms with E-state index < -0.39 is 0 Å². The molecule has 0 radical (unpaired) electrons. The molecule has 0 fully saturated rings. The maximum atomic E-state index is 4.53. The predicted octanol–water partition coefficient (Wildman–Crippen LogP) is 1.54. The fraction of sp³-hybridized carbons (Fsp3) is 0.333. The van der Waals surface area contributed by atoms with Crippen LogP contribution in [0.5, 0.6) is 0 Å². The maximum absolute atomic E-state index is 4.53. The summed E-state index contributed by atoms with van der Waals surface area (Å²) >= 11 is 0. The molecule has 0 unspecified atom stereocenters. The molecule has 2 aromatic heterocycles. The summed E-state index contributed by atoms with van der Waals surface area (Å²) in [5.74, 6) is 0.888. The van der Waals surface area contributed by atoms with Gasteiger partial charge in [0.25, 0.3) is 0 Å². The van der Waals surface area contributed by atoms with Gasteiger partial charge < -0.3 is 10.3 Å². The summed E-state index contributed by atoms with van der Waals surface area (Å²) in [6, 6.07) is 5.98. The van der Waals surface area contributed by atoms with E-state index in [4.69, 9.17) is 0 Å². The average molecular weight is 216 g/mol. The van der Waals surface area contributed by atoms with Crippen molar-refractivity contribution in [1.82, 2.24) is 20.3 Å². The maximum Gasteiger partial charge on any atom is 0.130 e. The highest BCUT2D eigenvalue weighted by Crippen LogP contribution is 2.15. The number of aryl methyl sites for hydroxylation is 1. The SMILES string of the molecule is CNCCc1nc(C)cc(-c2ccc[nH]2)n1. The lowest BCUT2D eigenvalue weighted by atomic mass is 10.2. The highest BCUT2D eigenvalue weighted by Gasteiger charge is 2.04. The quantitative estimate of drug-likeness (QED) is 0.815. The first-order chi connectivity index (χ1) is 7.79. The Kier molecular flexibility index (Phi) is 3.31. The lowest BCUT2D eigenvalue weighted by molar-refractivity contribution is 0.752. The monoisotopic (exact) mass is 216 g/mol. The van der Waals surface area contributed by atoms with Gasteiger partial charge in [-0.25, -0.2) is 9.97 Å². The molecule has 0 saturated heterocycles. The van der Waals surface area contributed by atoms with E-state index in [2.05, 4.69) is 20.3 Å². The molecule has 2 N–H and O–H groups in total. The zero-order valence-electron chi connectivity index (χ0n) is 9.62. The van der Waals surface area contributed by atoms with Crippen LogP contribution in [-0.2, 0) is 6.42 Å². The molecule has 4 heteroatoms. The van der Waals surface area contributed by atoms with Crippen LogP contribution in [0.3, 0.4) is 0 Å². The molecule has 0 atom stereocenters. The molecule has 0 aliphatic rings. The molecule has 0 saturated carbocycles. The second-order valence-corrected chi connectivity index (χ2v) is 3.75. The normalized spacial score (nSPS) is 10.6. The number of hydrogen-bond donors (Lipinski definition) is 2. The van der Waals surface area contributed by atoms with Gasteiger partial charge in [-0.3, -0.25) is 0 Å². The molecule has 0 amide bonds. The summed E-state index contributed by atoms with van der Waals surface area (Å²) in [6.45, 7) is 2.89. The summed E-state index contributed by atoms with van der Waals surface area (Å²) < 4.78 is 0. The third-order valence-electron chi connectivity index (χ3n) is 2.37. The highest BCUT2D eigenvalue weighted by atomic mass is 14.9. The van der Waals surface area contributed by atoms with Crippen LogP contribution in [-0.4, -0.2) is 28.5 Å². The van der Waals surface area contributed by atoms with Crippen LogP contribution in [0.1, 0.15) is 11.5 Å². The summed E-state index contributed by atoms with van der Waals surface area (Å²) in [5, 5.41) is 3.10. The second-order valence-electron chi connectivity index (χ2n) is 3.75. The molecule has 84 valence electrons. The molecule has 4 nitrogen and oxygen atoms in total. The van der Waals surface area contributed by atoms with Gasteiger partial charge in [-0.05, 0) is 32.2 Å². The van der Waals surface area contributed by atoms with Crippen LogP contribution in [0.2, 0.25) is 0 Å². The van der Waals surface area contributed by atoms with Crippen molar-refractivity contribution in [3.63, 3.8) is 0 Å². The smallest absolute Gasteiger partial charge is 0.130 e. The van der Waals surface area contributed by atoms with E-state index in [0.717, 1.165) is 35.9 Å². The Bertz CT molecular complexity index is 448. The Labute approximate surface area is 95.1 Å². The first-order valence-corrected chi connectivity index (χ1v) is 5.42. The standard InChI is InChI=1S/C12H16N4/c1-9-8-11(10-4-3-6-14-10)16-12(15-9)5-7-13-2/h3-4,6,8,13-14H,5,7H2,1-2H3. The van der Waals surface area contributed by atoms with Crippen molar-refractivity contribution < 1.29 is 0 Å². The number of rotatable bonds is 4. The van der Waals surface area contributed by atoms with Crippen LogP contribution in [0.25, 0.3) is 11.4 Å². The van der Waals surface area contributed by atoms with Crippen molar-refractivity contribution in [3.05, 3.63) is 35.9 Å². The van der Waals surface area contributed by atoms with Gasteiger partial charge in [0, 0.05) is 24.9 Å². The van der Waals surface area contributed by atoms with Crippen molar-refractivity contribution in [2.75, 3.05) is 13.6 Å². The van der Waals surface area contributed by atoms with Crippen LogP contribution < -0.4 is 5.32 Å². The van der Waals surface area contributed by atoms with Crippen molar-refractivity contribution >= 4 is 0 Å². The Balaban J connectivity index is 2.29. The zero-order chi connectivity index (χ0) is 11.4. The van der Waals surface area contributed by atoms with Crippen LogP contribution in [0.15, 0.2) is 24.4 Å². The number of aromatic nitrogens is 3. The molecular formula is C12H16N4. The van der Waals surface area contributed by atoms with E-state index in [9.17, 15) is 0 Å². The molecule has 0 aromatic carbocycles. The van der Waals surface area contributed by atoms with Gasteiger partial charge in [0.2, 0.25) is 0 Å². The van der Waals surface area contributed by atoms with Gasteiger partial charge in [-0.1, -0.05) is 0 Å². The number of hydrogen-bond acceptors (Lipinski definition) is 3. The largest absolute Gasteiger partial charge is 0.360 e. The average Bonchev–Trinajstić information content (AvgIpc) is 2.79. The topological polar surface area (TPSA) is 53.6 Å². The minimum Gasteiger partial charge on any atom is -0.360 e. The molecular weight excluding hydrogens is 200 g/mol. The van der Waals surface area contributed by atoms with E-state index in [-0.39, 0.29) is 0 Å². The van der Waals surface area contributed by atoms with Crippen molar-refractivity contribution in [1.29, 1.82) is 0 Å². The summed E-state index contributed by atoms with van der Waals surface area (Å²) in [4.78, 5) is 12.1. The third kappa shape index (κ3) is 2.46. The van der Waals surface area contributed by atoms with Crippen LogP contribution in [0.4, 0.5) is 0 Å². The molecule has 2 aromatic rings. The fourth-order valence-corrected chi connectivity index (χ4v) is 1.61. The predicted molar refractivity (Wildman–Crippen MR) is 64.2 cm³/mol. The van der Waals surface area contributed by atoms with Crippen LogP contribution >= 0.6 is 0 Å². The van der Waals surface area contributed by atoms with E-state index in [0.29, 0.717) is 0 Å². The van der Waals surface area contributed by atoms with Gasteiger partial charge >= 0.3 is 0 Å². The zero-order valence-corrected chi connectivity index (χ0v) is 9.62. The van der Waals surface area contributed by atoms with Crippen molar-refractivity contribution in [3.8, 4) is 11.4 Å². The highest BCUT2D eigenvalue weighted by molar-refractivity contribution is 5.54. The molecule has 0 spiro atoms. The number of H-pyrrole nitrogens is 1. The molecule has 2 rings (SSSR count).